The molecule has 15 heteroatoms. The first-order chi connectivity index (χ1) is 23.2. The molecule has 48 heavy (non-hydrogen) atoms. The summed E-state index contributed by atoms with van der Waals surface area (Å²) in [6.07, 6.45) is 2.09. The van der Waals surface area contributed by atoms with Crippen LogP contribution in [0.1, 0.15) is 28.6 Å². The molecule has 0 spiro atoms. The van der Waals surface area contributed by atoms with Gasteiger partial charge in [-0.2, -0.15) is 0 Å². The van der Waals surface area contributed by atoms with Crippen molar-refractivity contribution >= 4 is 52.4 Å². The quantitative estimate of drug-likeness (QED) is 0.284. The molecule has 0 radical (unpaired) electrons. The van der Waals surface area contributed by atoms with Gasteiger partial charge in [0, 0.05) is 73.3 Å². The lowest BCUT2D eigenvalue weighted by Crippen LogP contribution is -2.61. The van der Waals surface area contributed by atoms with Crippen molar-refractivity contribution in [1.29, 1.82) is 0 Å². The highest BCUT2D eigenvalue weighted by Gasteiger charge is 2.47. The molecule has 6 rings (SSSR count). The summed E-state index contributed by atoms with van der Waals surface area (Å²) in [6.45, 7) is 1.92. The summed E-state index contributed by atoms with van der Waals surface area (Å²) >= 11 is 7.89. The van der Waals surface area contributed by atoms with E-state index < -0.39 is 23.8 Å². The number of aromatic nitrogens is 1. The van der Waals surface area contributed by atoms with Crippen LogP contribution in [0.15, 0.2) is 70.3 Å². The Balaban J connectivity index is 1.31. The van der Waals surface area contributed by atoms with Crippen molar-refractivity contribution < 1.29 is 33.4 Å². The fraction of sp³-hybridized carbons (Fsp3) is 0.364. The SMILES string of the molecule is COC[C@H]1[C@@H]2CN(c3ccc(CCC(=O)O)cc3)C(=O)N2CCN1CC1=C(C(=O)OC)[C@H](c2ccc(F)cc2Cl)N=C(c2nccs2)N1. The first-order valence-corrected chi connectivity index (χ1v) is 16.6. The minimum atomic E-state index is -0.898. The number of nitrogens with zero attached hydrogens (tertiary/aromatic N) is 5. The van der Waals surface area contributed by atoms with Crippen LogP contribution >= 0.6 is 22.9 Å². The first kappa shape index (κ1) is 33.5. The number of piperazine rings is 1. The number of rotatable bonds is 11. The van der Waals surface area contributed by atoms with Gasteiger partial charge < -0.3 is 24.8 Å². The normalized spacial score (nSPS) is 21.2. The van der Waals surface area contributed by atoms with Crippen molar-refractivity contribution in [3.8, 4) is 0 Å². The van der Waals surface area contributed by atoms with Crippen molar-refractivity contribution in [2.24, 2.45) is 4.99 Å². The van der Waals surface area contributed by atoms with Crippen molar-refractivity contribution in [2.45, 2.75) is 31.0 Å². The van der Waals surface area contributed by atoms with Gasteiger partial charge in [-0.15, -0.1) is 11.3 Å². The molecule has 0 saturated carbocycles. The molecule has 2 fully saturated rings. The molecule has 3 aromatic rings. The second-order valence-corrected chi connectivity index (χ2v) is 12.9. The summed E-state index contributed by atoms with van der Waals surface area (Å²) in [6, 6.07) is 9.88. The van der Waals surface area contributed by atoms with E-state index in [1.165, 1.54) is 36.6 Å². The minimum Gasteiger partial charge on any atom is -0.481 e. The number of amidine groups is 1. The van der Waals surface area contributed by atoms with E-state index in [9.17, 15) is 18.8 Å². The highest BCUT2D eigenvalue weighted by Crippen LogP contribution is 2.38. The minimum absolute atomic E-state index is 0.0320. The number of aryl methyl sites for hydroxylation is 1. The smallest absolute Gasteiger partial charge is 0.338 e. The van der Waals surface area contributed by atoms with Crippen LogP contribution in [0.5, 0.6) is 0 Å². The highest BCUT2D eigenvalue weighted by molar-refractivity contribution is 7.11. The predicted molar refractivity (Wildman–Crippen MR) is 178 cm³/mol. The van der Waals surface area contributed by atoms with Gasteiger partial charge in [0.25, 0.3) is 0 Å². The van der Waals surface area contributed by atoms with Crippen molar-refractivity contribution in [3.63, 3.8) is 0 Å². The number of nitrogens with one attached hydrogen (secondary N) is 1. The molecule has 2 amide bonds. The third-order valence-electron chi connectivity index (χ3n) is 8.79. The number of esters is 1. The van der Waals surface area contributed by atoms with Crippen LogP contribution < -0.4 is 10.2 Å². The lowest BCUT2D eigenvalue weighted by molar-refractivity contribution is -0.137. The topological polar surface area (TPSA) is 137 Å². The Morgan fingerprint density at radius 3 is 2.62 bits per heavy atom. The summed E-state index contributed by atoms with van der Waals surface area (Å²) < 4.78 is 25.0. The number of thiazole rings is 1. The molecule has 0 unspecified atom stereocenters. The van der Waals surface area contributed by atoms with Gasteiger partial charge in [-0.05, 0) is 36.2 Å². The Bertz CT molecular complexity index is 1750. The standard InChI is InChI=1S/C33H34ClFN6O6S/c1-46-18-26-25-17-41(21-7-3-19(4-8-21)5-10-27(42)43)33(45)40(25)13-12-39(26)16-24-28(32(44)47-2)29(22-9-6-20(35)15-23(22)34)38-30(37-24)31-36-11-14-48-31/h3-4,6-9,11,14-15,25-26,29H,5,10,12-13,16-18H2,1-2H3,(H,37,38)(H,42,43)/t25-,26-,29-/m0/s1. The number of amides is 2. The Labute approximate surface area is 285 Å². The second-order valence-electron chi connectivity index (χ2n) is 11.6. The van der Waals surface area contributed by atoms with E-state index in [0.717, 1.165) is 11.3 Å². The lowest BCUT2D eigenvalue weighted by Gasteiger charge is -2.44. The maximum absolute atomic E-state index is 14.1. The van der Waals surface area contributed by atoms with Crippen LogP contribution in [0.4, 0.5) is 14.9 Å². The number of aliphatic imine (C=N–C) groups is 1. The molecule has 4 heterocycles. The number of hydrogen-bond donors (Lipinski definition) is 2. The molecule has 0 aliphatic carbocycles. The number of fused-ring (bicyclic) bond motifs is 1. The molecule has 3 atom stereocenters. The van der Waals surface area contributed by atoms with Gasteiger partial charge in [-0.3, -0.25) is 19.6 Å². The van der Waals surface area contributed by atoms with E-state index in [2.05, 4.69) is 15.2 Å². The monoisotopic (exact) mass is 696 g/mol. The van der Waals surface area contributed by atoms with Crippen molar-refractivity contribution in [1.82, 2.24) is 20.1 Å². The number of aliphatic carboxylic acids is 1. The zero-order valence-electron chi connectivity index (χ0n) is 26.3. The van der Waals surface area contributed by atoms with Gasteiger partial charge in [0.05, 0.1) is 31.4 Å². The molecular weight excluding hydrogens is 663 g/mol. The summed E-state index contributed by atoms with van der Waals surface area (Å²) in [5.41, 5.74) is 2.81. The number of urea groups is 1. The molecule has 3 aliphatic heterocycles. The molecule has 12 nitrogen and oxygen atoms in total. The van der Waals surface area contributed by atoms with E-state index in [-0.39, 0.29) is 41.7 Å². The molecule has 3 aliphatic rings. The Morgan fingerprint density at radius 2 is 1.96 bits per heavy atom. The number of carbonyl (C=O) groups excluding carboxylic acids is 2. The number of benzene rings is 2. The average molecular weight is 697 g/mol. The third-order valence-corrected chi connectivity index (χ3v) is 9.89. The van der Waals surface area contributed by atoms with Crippen LogP contribution in [0.3, 0.4) is 0 Å². The van der Waals surface area contributed by atoms with Gasteiger partial charge in [0.1, 0.15) is 11.9 Å². The summed E-state index contributed by atoms with van der Waals surface area (Å²) in [5, 5.41) is 14.9. The van der Waals surface area contributed by atoms with Gasteiger partial charge in [-0.25, -0.2) is 19.0 Å². The Morgan fingerprint density at radius 1 is 1.17 bits per heavy atom. The van der Waals surface area contributed by atoms with E-state index in [4.69, 9.17) is 31.2 Å². The summed E-state index contributed by atoms with van der Waals surface area (Å²) in [4.78, 5) is 53.1. The Kier molecular flexibility index (Phi) is 10.1. The number of methoxy groups -OCH3 is 2. The van der Waals surface area contributed by atoms with Crippen LogP contribution in [0.2, 0.25) is 5.02 Å². The highest BCUT2D eigenvalue weighted by atomic mass is 35.5. The zero-order valence-corrected chi connectivity index (χ0v) is 27.8. The average Bonchev–Trinajstić information content (AvgIpc) is 3.73. The number of halogens is 2. The number of carboxylic acid groups (broad SMARTS) is 1. The van der Waals surface area contributed by atoms with Crippen LogP contribution in [-0.4, -0.2) is 103 Å². The second kappa shape index (κ2) is 14.4. The fourth-order valence-electron chi connectivity index (χ4n) is 6.46. The molecule has 0 bridgehead atoms. The van der Waals surface area contributed by atoms with Crippen molar-refractivity contribution in [2.75, 3.05) is 51.9 Å². The van der Waals surface area contributed by atoms with Gasteiger partial charge in [-0.1, -0.05) is 29.8 Å². The number of carboxylic acids is 1. The molecule has 2 N–H and O–H groups in total. The summed E-state index contributed by atoms with van der Waals surface area (Å²) in [5.74, 6) is -1.55. The predicted octanol–water partition coefficient (Wildman–Crippen LogP) is 4.11. The van der Waals surface area contributed by atoms with Crippen LogP contribution in [-0.2, 0) is 25.5 Å². The maximum Gasteiger partial charge on any atom is 0.338 e. The van der Waals surface area contributed by atoms with Gasteiger partial charge in [0.15, 0.2) is 10.8 Å². The van der Waals surface area contributed by atoms with E-state index in [1.54, 1.807) is 18.2 Å². The Hall–Kier alpha value is -4.37. The largest absolute Gasteiger partial charge is 0.481 e. The third kappa shape index (κ3) is 6.79. The van der Waals surface area contributed by atoms with E-state index >= 15 is 0 Å². The maximum atomic E-state index is 14.1. The molecule has 1 aromatic heterocycles. The summed E-state index contributed by atoms with van der Waals surface area (Å²) in [7, 11) is 2.90. The van der Waals surface area contributed by atoms with Gasteiger partial charge in [0.2, 0.25) is 0 Å². The van der Waals surface area contributed by atoms with Crippen LogP contribution in [0.25, 0.3) is 0 Å². The molecule has 2 saturated heterocycles. The van der Waals surface area contributed by atoms with Crippen LogP contribution in [0, 0.1) is 5.82 Å². The first-order valence-electron chi connectivity index (χ1n) is 15.3. The molecule has 252 valence electrons. The number of hydrogen-bond acceptors (Lipinski definition) is 10. The van der Waals surface area contributed by atoms with E-state index in [1.807, 2.05) is 34.5 Å². The lowest BCUT2D eigenvalue weighted by atomic mass is 9.94. The van der Waals surface area contributed by atoms with Gasteiger partial charge >= 0.3 is 18.0 Å². The number of anilines is 1. The van der Waals surface area contributed by atoms with E-state index in [0.29, 0.717) is 54.8 Å². The molecule has 2 aromatic carbocycles. The number of carbonyl (C=O) groups is 3. The number of ether oxygens (including phenoxy) is 2. The van der Waals surface area contributed by atoms with Crippen molar-refractivity contribution in [3.05, 3.63) is 92.3 Å². The zero-order chi connectivity index (χ0) is 33.9. The molecular formula is C33H34ClFN6O6S. The fourth-order valence-corrected chi connectivity index (χ4v) is 7.32.